The lowest BCUT2D eigenvalue weighted by molar-refractivity contribution is -0.146. The van der Waals surface area contributed by atoms with E-state index in [0.717, 1.165) is 11.1 Å². The second-order valence-corrected chi connectivity index (χ2v) is 6.69. The molecule has 1 unspecified atom stereocenters. The summed E-state index contributed by atoms with van der Waals surface area (Å²) in [6, 6.07) is 17.4. The van der Waals surface area contributed by atoms with Gasteiger partial charge in [-0.1, -0.05) is 60.7 Å². The third-order valence-electron chi connectivity index (χ3n) is 4.38. The van der Waals surface area contributed by atoms with E-state index >= 15 is 0 Å². The van der Waals surface area contributed by atoms with Gasteiger partial charge in [0.05, 0.1) is 12.2 Å². The second-order valence-electron chi connectivity index (χ2n) is 6.69. The molecule has 3 rings (SSSR count). The van der Waals surface area contributed by atoms with Gasteiger partial charge in [-0.3, -0.25) is 4.79 Å². The summed E-state index contributed by atoms with van der Waals surface area (Å²) in [5, 5.41) is 3.78. The number of esters is 2. The summed E-state index contributed by atoms with van der Waals surface area (Å²) in [7, 11) is 0. The van der Waals surface area contributed by atoms with Crippen molar-refractivity contribution >= 4 is 24.3 Å². The zero-order chi connectivity index (χ0) is 22.1. The summed E-state index contributed by atoms with van der Waals surface area (Å²) in [6.07, 6.45) is -0.0533. The number of ether oxygens (including phenoxy) is 3. The summed E-state index contributed by atoms with van der Waals surface area (Å²) in [6.45, 7) is 2.22. The number of halogens is 1. The van der Waals surface area contributed by atoms with Gasteiger partial charge in [0, 0.05) is 6.42 Å². The fourth-order valence-corrected chi connectivity index (χ4v) is 2.81. The van der Waals surface area contributed by atoms with Crippen LogP contribution < -0.4 is 10.5 Å². The Bertz CT molecular complexity index is 994. The topological polar surface area (TPSA) is 114 Å². The Hall–Kier alpha value is -3.36. The highest BCUT2D eigenvalue weighted by Gasteiger charge is 2.29. The van der Waals surface area contributed by atoms with E-state index in [1.165, 1.54) is 0 Å². The molecule has 0 amide bonds. The normalized spacial score (nSPS) is 11.2. The maximum Gasteiger partial charge on any atom is 0.377 e. The number of nitrogens with two attached hydrogens (primary N) is 1. The van der Waals surface area contributed by atoms with Crippen molar-refractivity contribution < 1.29 is 28.3 Å². The fourth-order valence-electron chi connectivity index (χ4n) is 2.81. The summed E-state index contributed by atoms with van der Waals surface area (Å²) in [5.74, 6) is -1.38. The highest BCUT2D eigenvalue weighted by Crippen LogP contribution is 2.24. The Kier molecular flexibility index (Phi) is 9.72. The van der Waals surface area contributed by atoms with E-state index in [-0.39, 0.29) is 49.2 Å². The molecule has 1 heterocycles. The van der Waals surface area contributed by atoms with Crippen LogP contribution in [0.5, 0.6) is 5.88 Å². The number of hydrogen-bond donors (Lipinski definition) is 1. The van der Waals surface area contributed by atoms with Gasteiger partial charge in [-0.15, -0.1) is 12.4 Å². The Labute approximate surface area is 192 Å². The van der Waals surface area contributed by atoms with Crippen LogP contribution in [0.2, 0.25) is 0 Å². The number of rotatable bonds is 10. The van der Waals surface area contributed by atoms with E-state index in [1.807, 2.05) is 60.7 Å². The number of aromatic nitrogens is 1. The predicted octanol–water partition coefficient (Wildman–Crippen LogP) is 3.47. The number of carbonyl (C=O) groups excluding carboxylic acids is 2. The first-order chi connectivity index (χ1) is 15.1. The first-order valence-corrected chi connectivity index (χ1v) is 9.87. The summed E-state index contributed by atoms with van der Waals surface area (Å²) in [4.78, 5) is 24.9. The third-order valence-corrected chi connectivity index (χ3v) is 4.38. The summed E-state index contributed by atoms with van der Waals surface area (Å²) < 4.78 is 21.2. The van der Waals surface area contributed by atoms with Gasteiger partial charge in [-0.05, 0) is 23.2 Å². The third kappa shape index (κ3) is 6.83. The Balaban J connectivity index is 0.00000363. The van der Waals surface area contributed by atoms with Crippen LogP contribution in [-0.2, 0) is 33.9 Å². The van der Waals surface area contributed by atoms with Gasteiger partial charge in [0.25, 0.3) is 11.6 Å². The molecular weight excluding hydrogens is 436 g/mol. The number of carbonyl (C=O) groups is 2. The molecule has 0 spiro atoms. The average Bonchev–Trinajstić information content (AvgIpc) is 3.19. The molecule has 0 aliphatic heterocycles. The van der Waals surface area contributed by atoms with E-state index in [9.17, 15) is 9.59 Å². The largest absolute Gasteiger partial charge is 0.476 e. The minimum atomic E-state index is -1.04. The molecule has 0 aliphatic carbocycles. The van der Waals surface area contributed by atoms with Gasteiger partial charge in [-0.25, -0.2) is 4.79 Å². The van der Waals surface area contributed by atoms with Crippen LogP contribution in [0.15, 0.2) is 65.2 Å². The Morgan fingerprint density at radius 3 is 2.09 bits per heavy atom. The lowest BCUT2D eigenvalue weighted by Gasteiger charge is -2.12. The highest BCUT2D eigenvalue weighted by atomic mass is 35.5. The van der Waals surface area contributed by atoms with Crippen molar-refractivity contribution in [1.29, 1.82) is 0 Å². The van der Waals surface area contributed by atoms with E-state index in [0.29, 0.717) is 6.61 Å². The van der Waals surface area contributed by atoms with Gasteiger partial charge in [0.2, 0.25) is 0 Å². The molecule has 170 valence electrons. The zero-order valence-electron chi connectivity index (χ0n) is 17.6. The fraction of sp³-hybridized carbons (Fsp3) is 0.261. The van der Waals surface area contributed by atoms with Crippen LogP contribution in [-0.4, -0.2) is 29.7 Å². The van der Waals surface area contributed by atoms with Gasteiger partial charge in [0.15, 0.2) is 0 Å². The maximum absolute atomic E-state index is 12.5. The van der Waals surface area contributed by atoms with Crippen molar-refractivity contribution in [3.8, 4) is 5.88 Å². The average molecular weight is 461 g/mol. The van der Waals surface area contributed by atoms with Crippen LogP contribution in [0.4, 0.5) is 0 Å². The molecule has 32 heavy (non-hydrogen) atoms. The number of hydrogen-bond acceptors (Lipinski definition) is 8. The Morgan fingerprint density at radius 2 is 1.53 bits per heavy atom. The van der Waals surface area contributed by atoms with Crippen LogP contribution >= 0.6 is 12.4 Å². The van der Waals surface area contributed by atoms with E-state index in [1.54, 1.807) is 6.92 Å². The molecular formula is C23H25ClN2O6. The molecule has 2 aromatic carbocycles. The first-order valence-electron chi connectivity index (χ1n) is 9.87. The predicted molar refractivity (Wildman–Crippen MR) is 118 cm³/mol. The Morgan fingerprint density at radius 1 is 0.969 bits per heavy atom. The SMILES string of the molecule is CCOc1noc(C(=O)OCc2ccccc2)c1CC(N)C(=O)OCc1ccccc1.Cl. The number of benzene rings is 2. The molecule has 0 fully saturated rings. The summed E-state index contributed by atoms with van der Waals surface area (Å²) >= 11 is 0. The quantitative estimate of drug-likeness (QED) is 0.457. The minimum Gasteiger partial charge on any atom is -0.476 e. The molecule has 0 bridgehead atoms. The van der Waals surface area contributed by atoms with Gasteiger partial charge in [0.1, 0.15) is 19.3 Å². The maximum atomic E-state index is 12.5. The molecule has 0 saturated heterocycles. The van der Waals surface area contributed by atoms with Crippen molar-refractivity contribution in [3.63, 3.8) is 0 Å². The van der Waals surface area contributed by atoms with Crippen LogP contribution in [0.25, 0.3) is 0 Å². The van der Waals surface area contributed by atoms with Crippen molar-refractivity contribution in [2.75, 3.05) is 6.61 Å². The van der Waals surface area contributed by atoms with Gasteiger partial charge >= 0.3 is 11.9 Å². The molecule has 2 N–H and O–H groups in total. The lowest BCUT2D eigenvalue weighted by Crippen LogP contribution is -2.34. The molecule has 1 atom stereocenters. The highest BCUT2D eigenvalue weighted by molar-refractivity contribution is 5.89. The molecule has 1 aromatic heterocycles. The molecule has 0 radical (unpaired) electrons. The molecule has 8 nitrogen and oxygen atoms in total. The van der Waals surface area contributed by atoms with E-state index in [4.69, 9.17) is 24.5 Å². The monoisotopic (exact) mass is 460 g/mol. The number of nitrogens with zero attached hydrogens (tertiary/aromatic N) is 1. The molecule has 9 heteroatoms. The van der Waals surface area contributed by atoms with Crippen molar-refractivity contribution in [2.24, 2.45) is 5.73 Å². The van der Waals surface area contributed by atoms with Gasteiger partial charge in [-0.2, -0.15) is 0 Å². The smallest absolute Gasteiger partial charge is 0.377 e. The van der Waals surface area contributed by atoms with Crippen LogP contribution in [0, 0.1) is 0 Å². The van der Waals surface area contributed by atoms with Crippen LogP contribution in [0.3, 0.4) is 0 Å². The van der Waals surface area contributed by atoms with Gasteiger partial charge < -0.3 is 24.5 Å². The summed E-state index contributed by atoms with van der Waals surface area (Å²) in [5.41, 5.74) is 7.95. The van der Waals surface area contributed by atoms with Crippen molar-refractivity contribution in [1.82, 2.24) is 5.16 Å². The lowest BCUT2D eigenvalue weighted by atomic mass is 10.1. The first kappa shape index (κ1) is 24.9. The van der Waals surface area contributed by atoms with E-state index < -0.39 is 18.0 Å². The van der Waals surface area contributed by atoms with Crippen LogP contribution in [0.1, 0.15) is 34.2 Å². The second kappa shape index (κ2) is 12.5. The molecule has 0 saturated carbocycles. The molecule has 3 aromatic rings. The van der Waals surface area contributed by atoms with Crippen molar-refractivity contribution in [2.45, 2.75) is 32.6 Å². The van der Waals surface area contributed by atoms with Crippen molar-refractivity contribution in [3.05, 3.63) is 83.1 Å². The standard InChI is InChI=1S/C23H24N2O6.ClH/c1-2-28-21-18(13-19(24)22(26)29-14-16-9-5-3-6-10-16)20(31-25-21)23(27)30-15-17-11-7-4-8-12-17;/h3-12,19H,2,13-15,24H2,1H3;1H. The zero-order valence-corrected chi connectivity index (χ0v) is 18.4. The van der Waals surface area contributed by atoms with E-state index in [2.05, 4.69) is 5.16 Å². The molecule has 0 aliphatic rings. The minimum absolute atomic E-state index is 0.